The summed E-state index contributed by atoms with van der Waals surface area (Å²) in [5.74, 6) is 1.69. The Hall–Kier alpha value is -0.620. The van der Waals surface area contributed by atoms with Gasteiger partial charge in [-0.1, -0.05) is 26.2 Å². The molecule has 0 aliphatic heterocycles. The van der Waals surface area contributed by atoms with Crippen molar-refractivity contribution >= 4 is 16.8 Å². The SMILES string of the molecule is CCOC1CC(NC(=NC)NC2CCCC(S(=O)CC)C2)C12CCCC2. The van der Waals surface area contributed by atoms with Crippen molar-refractivity contribution in [2.45, 2.75) is 95.1 Å². The summed E-state index contributed by atoms with van der Waals surface area (Å²) in [5, 5.41) is 7.69. The topological polar surface area (TPSA) is 62.7 Å². The van der Waals surface area contributed by atoms with Crippen molar-refractivity contribution in [2.75, 3.05) is 19.4 Å². The van der Waals surface area contributed by atoms with E-state index in [-0.39, 0.29) is 0 Å². The number of hydrogen-bond acceptors (Lipinski definition) is 3. The van der Waals surface area contributed by atoms with Crippen molar-refractivity contribution in [3.63, 3.8) is 0 Å². The van der Waals surface area contributed by atoms with Gasteiger partial charge in [0.05, 0.1) is 6.10 Å². The normalized spacial score (nSPS) is 35.1. The molecule has 5 atom stereocenters. The van der Waals surface area contributed by atoms with Crippen LogP contribution in [-0.2, 0) is 15.5 Å². The molecule has 0 amide bonds. The molecular formula is C20H37N3O2S. The Kier molecular flexibility index (Phi) is 7.00. The highest BCUT2D eigenvalue weighted by Gasteiger charge is 2.57. The Morgan fingerprint density at radius 3 is 2.58 bits per heavy atom. The summed E-state index contributed by atoms with van der Waals surface area (Å²) < 4.78 is 18.2. The predicted octanol–water partition coefficient (Wildman–Crippen LogP) is 2.97. The molecule has 3 rings (SSSR count). The van der Waals surface area contributed by atoms with Crippen LogP contribution in [0, 0.1) is 5.41 Å². The van der Waals surface area contributed by atoms with Crippen molar-refractivity contribution in [1.82, 2.24) is 10.6 Å². The summed E-state index contributed by atoms with van der Waals surface area (Å²) in [6.45, 7) is 4.94. The molecule has 3 fully saturated rings. The van der Waals surface area contributed by atoms with Gasteiger partial charge in [-0.2, -0.15) is 0 Å². The van der Waals surface area contributed by atoms with E-state index in [4.69, 9.17) is 4.74 Å². The van der Waals surface area contributed by atoms with Crippen molar-refractivity contribution in [3.8, 4) is 0 Å². The van der Waals surface area contributed by atoms with Crippen molar-refractivity contribution < 1.29 is 8.95 Å². The number of hydrogen-bond donors (Lipinski definition) is 2. The molecule has 0 aromatic carbocycles. The summed E-state index contributed by atoms with van der Waals surface area (Å²) in [4.78, 5) is 4.50. The van der Waals surface area contributed by atoms with Crippen molar-refractivity contribution in [2.24, 2.45) is 10.4 Å². The number of aliphatic imine (C=N–C) groups is 1. The van der Waals surface area contributed by atoms with E-state index >= 15 is 0 Å². The molecule has 0 radical (unpaired) electrons. The number of guanidine groups is 1. The van der Waals surface area contributed by atoms with Crippen molar-refractivity contribution in [3.05, 3.63) is 0 Å². The average Bonchev–Trinajstić information content (AvgIpc) is 3.19. The summed E-state index contributed by atoms with van der Waals surface area (Å²) in [5.41, 5.74) is 0.312. The van der Waals surface area contributed by atoms with Crippen LogP contribution in [-0.4, -0.2) is 53.0 Å². The fourth-order valence-electron chi connectivity index (χ4n) is 5.37. The minimum absolute atomic E-state index is 0.312. The molecule has 3 aliphatic rings. The zero-order valence-electron chi connectivity index (χ0n) is 16.8. The maximum absolute atomic E-state index is 12.2. The molecule has 0 saturated heterocycles. The van der Waals surface area contributed by atoms with Gasteiger partial charge in [0, 0.05) is 53.0 Å². The van der Waals surface area contributed by atoms with E-state index in [0.29, 0.717) is 28.9 Å². The van der Waals surface area contributed by atoms with E-state index in [0.717, 1.165) is 50.4 Å². The summed E-state index contributed by atoms with van der Waals surface area (Å²) in [7, 11) is 1.18. The molecule has 2 N–H and O–H groups in total. The van der Waals surface area contributed by atoms with E-state index in [1.165, 1.54) is 25.7 Å². The fraction of sp³-hybridized carbons (Fsp3) is 0.950. The standard InChI is InChI=1S/C20H37N3O2S/c1-4-25-18-14-17(20(18)11-6-7-12-20)23-19(21-3)22-15-9-8-10-16(13-15)26(24)5-2/h15-18H,4-14H2,1-3H3,(H2,21,22,23). The van der Waals surface area contributed by atoms with Gasteiger partial charge in [-0.3, -0.25) is 9.20 Å². The smallest absolute Gasteiger partial charge is 0.191 e. The Bertz CT molecular complexity index is 519. The lowest BCUT2D eigenvalue weighted by molar-refractivity contribution is -0.125. The molecule has 0 heterocycles. The highest BCUT2D eigenvalue weighted by molar-refractivity contribution is 7.85. The fourth-order valence-corrected chi connectivity index (χ4v) is 6.72. The molecule has 5 unspecified atom stereocenters. The molecule has 5 nitrogen and oxygen atoms in total. The van der Waals surface area contributed by atoms with Crippen LogP contribution in [0.25, 0.3) is 0 Å². The van der Waals surface area contributed by atoms with Crippen LogP contribution in [0.1, 0.15) is 71.6 Å². The Morgan fingerprint density at radius 2 is 1.92 bits per heavy atom. The third-order valence-corrected chi connectivity index (χ3v) is 8.59. The highest BCUT2D eigenvalue weighted by atomic mass is 32.2. The maximum atomic E-state index is 12.2. The molecule has 3 aliphatic carbocycles. The number of rotatable bonds is 6. The van der Waals surface area contributed by atoms with Crippen LogP contribution >= 0.6 is 0 Å². The minimum Gasteiger partial charge on any atom is -0.378 e. The molecule has 0 aromatic rings. The third-order valence-electron chi connectivity index (χ3n) is 6.85. The summed E-state index contributed by atoms with van der Waals surface area (Å²) in [6, 6.07) is 0.856. The third kappa shape index (κ3) is 4.11. The first-order valence-corrected chi connectivity index (χ1v) is 12.0. The molecule has 150 valence electrons. The van der Waals surface area contributed by atoms with Crippen LogP contribution in [0.15, 0.2) is 4.99 Å². The van der Waals surface area contributed by atoms with Crippen LogP contribution in [0.3, 0.4) is 0 Å². The molecule has 1 spiro atoms. The molecule has 0 bridgehead atoms. The zero-order chi connectivity index (χ0) is 18.6. The molecular weight excluding hydrogens is 346 g/mol. The maximum Gasteiger partial charge on any atom is 0.191 e. The zero-order valence-corrected chi connectivity index (χ0v) is 17.6. The van der Waals surface area contributed by atoms with E-state index < -0.39 is 10.8 Å². The predicted molar refractivity (Wildman–Crippen MR) is 109 cm³/mol. The Labute approximate surface area is 161 Å². The lowest BCUT2D eigenvalue weighted by Crippen LogP contribution is -2.65. The van der Waals surface area contributed by atoms with Gasteiger partial charge in [-0.15, -0.1) is 0 Å². The average molecular weight is 384 g/mol. The second-order valence-electron chi connectivity index (χ2n) is 8.19. The van der Waals surface area contributed by atoms with Gasteiger partial charge in [0.1, 0.15) is 0 Å². The second-order valence-corrected chi connectivity index (χ2v) is 10.2. The van der Waals surface area contributed by atoms with Gasteiger partial charge in [-0.05, 0) is 45.4 Å². The number of nitrogens with zero attached hydrogens (tertiary/aromatic N) is 1. The van der Waals surface area contributed by atoms with Crippen molar-refractivity contribution in [1.29, 1.82) is 0 Å². The van der Waals surface area contributed by atoms with Gasteiger partial charge < -0.3 is 15.4 Å². The molecule has 3 saturated carbocycles. The van der Waals surface area contributed by atoms with Gasteiger partial charge in [0.15, 0.2) is 5.96 Å². The quantitative estimate of drug-likeness (QED) is 0.547. The van der Waals surface area contributed by atoms with E-state index in [9.17, 15) is 4.21 Å². The Balaban J connectivity index is 1.56. The molecule has 0 aromatic heterocycles. The Morgan fingerprint density at radius 1 is 1.15 bits per heavy atom. The summed E-state index contributed by atoms with van der Waals surface area (Å²) >= 11 is 0. The highest BCUT2D eigenvalue weighted by Crippen LogP contribution is 2.54. The first kappa shape index (κ1) is 20.1. The van der Waals surface area contributed by atoms with E-state index in [2.05, 4.69) is 22.5 Å². The van der Waals surface area contributed by atoms with Gasteiger partial charge >= 0.3 is 0 Å². The number of nitrogens with one attached hydrogen (secondary N) is 2. The van der Waals surface area contributed by atoms with Gasteiger partial charge in [-0.25, -0.2) is 0 Å². The first-order valence-electron chi connectivity index (χ1n) is 10.6. The monoisotopic (exact) mass is 383 g/mol. The first-order chi connectivity index (χ1) is 12.6. The van der Waals surface area contributed by atoms with Crippen LogP contribution in [0.5, 0.6) is 0 Å². The van der Waals surface area contributed by atoms with E-state index in [1.807, 2.05) is 14.0 Å². The van der Waals surface area contributed by atoms with Crippen LogP contribution in [0.4, 0.5) is 0 Å². The molecule has 26 heavy (non-hydrogen) atoms. The number of ether oxygens (including phenoxy) is 1. The largest absolute Gasteiger partial charge is 0.378 e. The van der Waals surface area contributed by atoms with Gasteiger partial charge in [0.25, 0.3) is 0 Å². The van der Waals surface area contributed by atoms with E-state index in [1.54, 1.807) is 0 Å². The minimum atomic E-state index is -0.683. The van der Waals surface area contributed by atoms with Crippen LogP contribution < -0.4 is 10.6 Å². The molecule has 6 heteroatoms. The van der Waals surface area contributed by atoms with Gasteiger partial charge in [0.2, 0.25) is 0 Å². The lowest BCUT2D eigenvalue weighted by atomic mass is 9.60. The lowest BCUT2D eigenvalue weighted by Gasteiger charge is -2.54. The second kappa shape index (κ2) is 9.05. The summed E-state index contributed by atoms with van der Waals surface area (Å²) in [6.07, 6.45) is 11.1. The van der Waals surface area contributed by atoms with Crippen LogP contribution in [0.2, 0.25) is 0 Å².